The van der Waals surface area contributed by atoms with E-state index in [9.17, 15) is 13.3 Å². The molecule has 0 aliphatic carbocycles. The number of hydrogen-bond donors (Lipinski definition) is 3. The molecule has 5 rings (SSSR count). The van der Waals surface area contributed by atoms with Gasteiger partial charge in [-0.05, 0) is 59.7 Å². The highest BCUT2D eigenvalue weighted by Gasteiger charge is 2.19. The molecule has 0 atom stereocenters. The molecule has 0 fully saturated rings. The summed E-state index contributed by atoms with van der Waals surface area (Å²) < 4.78 is 28.5. The third-order valence-corrected chi connectivity index (χ3v) is 6.78. The molecule has 1 aromatic heterocycles. The van der Waals surface area contributed by atoms with Crippen molar-refractivity contribution in [2.75, 3.05) is 10.0 Å². The predicted octanol–water partition coefficient (Wildman–Crippen LogP) is 5.64. The quantitative estimate of drug-likeness (QED) is 0.248. The highest BCUT2D eigenvalue weighted by Crippen LogP contribution is 2.29. The van der Waals surface area contributed by atoms with Gasteiger partial charge in [0.1, 0.15) is 0 Å². The van der Waals surface area contributed by atoms with Crippen molar-refractivity contribution in [1.82, 2.24) is 9.97 Å². The zero-order chi connectivity index (χ0) is 25.1. The summed E-state index contributed by atoms with van der Waals surface area (Å²) in [7, 11) is -3.89. The number of benzene rings is 4. The summed E-state index contributed by atoms with van der Waals surface area (Å²) in [5.41, 5.74) is 3.70. The van der Waals surface area contributed by atoms with Crippen LogP contribution in [0, 0.1) is 4.91 Å². The molecule has 10 heteroatoms. The average Bonchev–Trinajstić information content (AvgIpc) is 2.90. The molecule has 0 radical (unpaired) electrons. The minimum absolute atomic E-state index is 0.0726. The molecule has 0 saturated heterocycles. The van der Waals surface area contributed by atoms with Gasteiger partial charge in [0.15, 0.2) is 11.6 Å². The molecule has 0 bridgehead atoms. The Morgan fingerprint density at radius 3 is 1.78 bits per heavy atom. The van der Waals surface area contributed by atoms with Gasteiger partial charge in [-0.25, -0.2) is 23.6 Å². The Morgan fingerprint density at radius 2 is 1.19 bits per heavy atom. The second kappa shape index (κ2) is 9.43. The summed E-state index contributed by atoms with van der Waals surface area (Å²) >= 11 is 0. The van der Waals surface area contributed by atoms with E-state index in [4.69, 9.17) is 5.21 Å². The summed E-state index contributed by atoms with van der Waals surface area (Å²) in [5.74, 6) is 0.326. The number of rotatable bonds is 7. The van der Waals surface area contributed by atoms with Crippen LogP contribution in [-0.2, 0) is 10.0 Å². The van der Waals surface area contributed by atoms with Gasteiger partial charge in [0.25, 0.3) is 14.9 Å². The first-order valence-corrected chi connectivity index (χ1v) is 12.4. The monoisotopic (exact) mass is 498 g/mol. The summed E-state index contributed by atoms with van der Waals surface area (Å²) in [4.78, 5) is 20.0. The predicted molar refractivity (Wildman–Crippen MR) is 137 cm³/mol. The highest BCUT2D eigenvalue weighted by atomic mass is 32.2. The zero-order valence-corrected chi connectivity index (χ0v) is 19.6. The lowest BCUT2D eigenvalue weighted by molar-refractivity contribution is -0.729. The molecule has 4 aromatic carbocycles. The minimum Gasteiger partial charge on any atom is -0.337 e. The third-order valence-electron chi connectivity index (χ3n) is 5.42. The summed E-state index contributed by atoms with van der Waals surface area (Å²) in [6.45, 7) is 0. The van der Waals surface area contributed by atoms with Crippen molar-refractivity contribution >= 4 is 44.1 Å². The molecule has 0 unspecified atom stereocenters. The van der Waals surface area contributed by atoms with E-state index in [1.54, 1.807) is 48.5 Å². The largest absolute Gasteiger partial charge is 0.337 e. The molecule has 3 N–H and O–H groups in total. The van der Waals surface area contributed by atoms with Crippen molar-refractivity contribution in [2.45, 2.75) is 4.90 Å². The van der Waals surface area contributed by atoms with Gasteiger partial charge < -0.3 is 5.32 Å². The summed E-state index contributed by atoms with van der Waals surface area (Å²) in [5, 5.41) is 12.2. The average molecular weight is 499 g/mol. The number of para-hydroxylation sites is 2. The van der Waals surface area contributed by atoms with E-state index in [0.717, 1.165) is 11.1 Å². The number of nitrogens with zero attached hydrogens (tertiary/aromatic N) is 3. The zero-order valence-electron chi connectivity index (χ0n) is 18.7. The van der Waals surface area contributed by atoms with E-state index < -0.39 is 10.0 Å². The lowest BCUT2D eigenvalue weighted by Crippen LogP contribution is -2.16. The fourth-order valence-corrected chi connectivity index (χ4v) is 4.64. The second-order valence-electron chi connectivity index (χ2n) is 7.85. The van der Waals surface area contributed by atoms with Gasteiger partial charge >= 0.3 is 5.69 Å². The number of anilines is 3. The van der Waals surface area contributed by atoms with Crippen molar-refractivity contribution in [1.29, 1.82) is 0 Å². The molecule has 5 aromatic rings. The van der Waals surface area contributed by atoms with Crippen LogP contribution in [0.4, 0.5) is 23.0 Å². The fourth-order valence-electron chi connectivity index (χ4n) is 3.61. The van der Waals surface area contributed by atoms with Crippen molar-refractivity contribution < 1.29 is 18.5 Å². The van der Waals surface area contributed by atoms with Gasteiger partial charge in [0.2, 0.25) is 0 Å². The maximum absolute atomic E-state index is 13.0. The Labute approximate surface area is 206 Å². The number of aromatic nitrogens is 2. The topological polar surface area (TPSA) is 124 Å². The van der Waals surface area contributed by atoms with Crippen molar-refractivity contribution in [3.05, 3.63) is 108 Å². The summed E-state index contributed by atoms with van der Waals surface area (Å²) in [6.07, 6.45) is 0. The molecule has 0 saturated carbocycles. The third kappa shape index (κ3) is 4.84. The first-order valence-electron chi connectivity index (χ1n) is 10.9. The van der Waals surface area contributed by atoms with E-state index in [1.165, 1.54) is 24.3 Å². The minimum atomic E-state index is -3.89. The van der Waals surface area contributed by atoms with E-state index in [-0.39, 0.29) is 27.1 Å². The van der Waals surface area contributed by atoms with E-state index in [0.29, 0.717) is 16.7 Å². The highest BCUT2D eigenvalue weighted by molar-refractivity contribution is 7.92. The van der Waals surface area contributed by atoms with Crippen molar-refractivity contribution in [2.24, 2.45) is 0 Å². The molecular formula is C26H20N5O4S+. The maximum Gasteiger partial charge on any atom is 0.316 e. The molecule has 9 nitrogen and oxygen atoms in total. The van der Waals surface area contributed by atoms with Crippen molar-refractivity contribution in [3.63, 3.8) is 0 Å². The number of sulfonamides is 1. The maximum atomic E-state index is 13.0. The number of fused-ring (bicyclic) bond motifs is 1. The van der Waals surface area contributed by atoms with Gasteiger partial charge in [-0.1, -0.05) is 42.5 Å². The first-order chi connectivity index (χ1) is 17.4. The Hall–Kier alpha value is -4.83. The van der Waals surface area contributed by atoms with E-state index >= 15 is 0 Å². The normalized spacial score (nSPS) is 11.2. The molecule has 0 amide bonds. The van der Waals surface area contributed by atoms with Crippen LogP contribution >= 0.6 is 0 Å². The van der Waals surface area contributed by atoms with Crippen LogP contribution in [0.1, 0.15) is 0 Å². The lowest BCUT2D eigenvalue weighted by Gasteiger charge is -2.14. The van der Waals surface area contributed by atoms with Crippen LogP contribution in [0.25, 0.3) is 22.2 Å². The van der Waals surface area contributed by atoms with Gasteiger partial charge in [-0.3, -0.25) is 4.72 Å². The van der Waals surface area contributed by atoms with Gasteiger partial charge in [0, 0.05) is 17.8 Å². The van der Waals surface area contributed by atoms with Crippen LogP contribution in [0.15, 0.2) is 108 Å². The van der Waals surface area contributed by atoms with Crippen LogP contribution in [-0.4, -0.2) is 28.5 Å². The van der Waals surface area contributed by atoms with Crippen LogP contribution in [0.5, 0.6) is 0 Å². The molecule has 178 valence electrons. The molecule has 1 heterocycles. The van der Waals surface area contributed by atoms with E-state index in [1.807, 2.05) is 30.3 Å². The SMILES string of the molecule is O=[N+](O)c1ccc(-c2ccc(Nc3nc4ccccc4nc3NS(=O)(=O)c3ccccc3)cc2)cc1. The molecular weight excluding hydrogens is 478 g/mol. The number of hydrogen-bond acceptors (Lipinski definition) is 6. The Balaban J connectivity index is 1.46. The molecule has 0 spiro atoms. The number of nitrogens with one attached hydrogen (secondary N) is 2. The molecule has 0 aliphatic rings. The smallest absolute Gasteiger partial charge is 0.316 e. The van der Waals surface area contributed by atoms with Crippen LogP contribution < -0.4 is 10.0 Å². The fraction of sp³-hybridized carbons (Fsp3) is 0. The van der Waals surface area contributed by atoms with Gasteiger partial charge in [-0.2, -0.15) is 0 Å². The van der Waals surface area contributed by atoms with E-state index in [2.05, 4.69) is 20.0 Å². The Morgan fingerprint density at radius 1 is 0.667 bits per heavy atom. The van der Waals surface area contributed by atoms with Gasteiger partial charge in [0.05, 0.1) is 20.8 Å². The first kappa shape index (κ1) is 22.9. The van der Waals surface area contributed by atoms with Crippen LogP contribution in [0.3, 0.4) is 0 Å². The Kier molecular flexibility index (Phi) is 6.01. The molecule has 0 aliphatic heterocycles. The standard InChI is InChI=1S/C26H20N5O4S/c32-31(33)21-16-12-19(13-17-21)18-10-14-20(15-11-18)27-25-26(29-24-9-5-4-8-23(24)28-25)30-36(34,35)22-6-2-1-3-7-22/h1-17H,(H,27,28)(H,29,30)(H,32,33)/q+1. The Bertz CT molecular complexity index is 1660. The van der Waals surface area contributed by atoms with Crippen molar-refractivity contribution in [3.8, 4) is 11.1 Å². The molecule has 36 heavy (non-hydrogen) atoms. The lowest BCUT2D eigenvalue weighted by atomic mass is 10.1. The second-order valence-corrected chi connectivity index (χ2v) is 9.53. The van der Waals surface area contributed by atoms with Gasteiger partial charge in [-0.15, -0.1) is 0 Å². The van der Waals surface area contributed by atoms with Crippen LogP contribution in [0.2, 0.25) is 0 Å². The summed E-state index contributed by atoms with van der Waals surface area (Å²) in [6, 6.07) is 29.1.